The predicted octanol–water partition coefficient (Wildman–Crippen LogP) is 4.47. The lowest BCUT2D eigenvalue weighted by molar-refractivity contribution is 0.325. The van der Waals surface area contributed by atoms with Crippen LogP contribution in [0.3, 0.4) is 0 Å². The van der Waals surface area contributed by atoms with Gasteiger partial charge in [-0.1, -0.05) is 30.3 Å². The van der Waals surface area contributed by atoms with E-state index in [1.54, 1.807) is 6.92 Å². The van der Waals surface area contributed by atoms with Crippen LogP contribution in [0.25, 0.3) is 0 Å². The van der Waals surface area contributed by atoms with Gasteiger partial charge in [-0.15, -0.1) is 23.2 Å². The van der Waals surface area contributed by atoms with Crippen LogP contribution in [-0.4, -0.2) is 17.4 Å². The Bertz CT molecular complexity index is 355. The monoisotopic (exact) mass is 294 g/mol. The molecule has 0 aliphatic rings. The van der Waals surface area contributed by atoms with Crippen molar-refractivity contribution in [3.63, 3.8) is 0 Å². The number of rotatable bonds is 6. The standard InChI is InChI=1S/C12H17Cl2O2P/c1-9(13)8-16-17(15)12(10(2)14)11-6-4-3-5-7-11/h3-7,9-10,12,17H,8H2,1-2H3. The highest BCUT2D eigenvalue weighted by Crippen LogP contribution is 2.46. The Labute approximate surface area is 113 Å². The van der Waals surface area contributed by atoms with Crippen LogP contribution >= 0.6 is 31.2 Å². The topological polar surface area (TPSA) is 26.3 Å². The van der Waals surface area contributed by atoms with E-state index in [0.29, 0.717) is 0 Å². The molecule has 17 heavy (non-hydrogen) atoms. The van der Waals surface area contributed by atoms with Crippen LogP contribution in [0.2, 0.25) is 0 Å². The summed E-state index contributed by atoms with van der Waals surface area (Å²) in [5.74, 6) is 0. The predicted molar refractivity (Wildman–Crippen MR) is 74.8 cm³/mol. The number of halogens is 2. The van der Waals surface area contributed by atoms with Crippen molar-refractivity contribution in [1.29, 1.82) is 0 Å². The smallest absolute Gasteiger partial charge is 0.200 e. The second kappa shape index (κ2) is 7.43. The van der Waals surface area contributed by atoms with Crippen molar-refractivity contribution in [3.05, 3.63) is 35.9 Å². The molecule has 0 aliphatic heterocycles. The van der Waals surface area contributed by atoms with Gasteiger partial charge in [-0.25, -0.2) is 0 Å². The average molecular weight is 295 g/mol. The summed E-state index contributed by atoms with van der Waals surface area (Å²) in [6, 6.07) is 9.55. The van der Waals surface area contributed by atoms with Crippen molar-refractivity contribution in [1.82, 2.24) is 0 Å². The summed E-state index contributed by atoms with van der Waals surface area (Å²) in [5.41, 5.74) is 0.680. The number of benzene rings is 1. The fourth-order valence-electron chi connectivity index (χ4n) is 1.54. The number of alkyl halides is 2. The largest absolute Gasteiger partial charge is 0.328 e. The molecule has 2 nitrogen and oxygen atoms in total. The molecule has 4 atom stereocenters. The van der Waals surface area contributed by atoms with Crippen LogP contribution in [-0.2, 0) is 9.09 Å². The molecule has 0 spiro atoms. The first-order valence-electron chi connectivity index (χ1n) is 5.52. The van der Waals surface area contributed by atoms with Crippen LogP contribution in [0, 0.1) is 0 Å². The Balaban J connectivity index is 2.76. The molecule has 1 aromatic rings. The Morgan fingerprint density at radius 3 is 2.29 bits per heavy atom. The SMILES string of the molecule is CC(Cl)CO[PH](=O)C(c1ccccc1)C(C)Cl. The Kier molecular flexibility index (Phi) is 6.58. The van der Waals surface area contributed by atoms with Gasteiger partial charge in [0.2, 0.25) is 0 Å². The number of hydrogen-bond acceptors (Lipinski definition) is 2. The van der Waals surface area contributed by atoms with Gasteiger partial charge in [-0.3, -0.25) is 4.57 Å². The molecule has 5 heteroatoms. The summed E-state index contributed by atoms with van der Waals surface area (Å²) in [6.45, 7) is 3.92. The first kappa shape index (κ1) is 15.0. The Morgan fingerprint density at radius 1 is 1.24 bits per heavy atom. The van der Waals surface area contributed by atoms with E-state index < -0.39 is 8.03 Å². The van der Waals surface area contributed by atoms with Gasteiger partial charge in [-0.05, 0) is 19.4 Å². The van der Waals surface area contributed by atoms with E-state index in [1.807, 2.05) is 37.3 Å². The molecule has 0 bridgehead atoms. The molecular formula is C12H17Cl2O2P. The molecule has 1 rings (SSSR count). The van der Waals surface area contributed by atoms with Crippen LogP contribution < -0.4 is 0 Å². The highest BCUT2D eigenvalue weighted by Gasteiger charge is 2.24. The normalized spacial score (nSPS) is 18.4. The summed E-state index contributed by atoms with van der Waals surface area (Å²) < 4.78 is 17.4. The van der Waals surface area contributed by atoms with Crippen molar-refractivity contribution in [3.8, 4) is 0 Å². The quantitative estimate of drug-likeness (QED) is 0.571. The Morgan fingerprint density at radius 2 is 1.82 bits per heavy atom. The molecule has 1 aromatic carbocycles. The zero-order valence-corrected chi connectivity index (χ0v) is 12.4. The highest BCUT2D eigenvalue weighted by molar-refractivity contribution is 7.39. The first-order valence-corrected chi connectivity index (χ1v) is 7.78. The van der Waals surface area contributed by atoms with Gasteiger partial charge < -0.3 is 4.52 Å². The van der Waals surface area contributed by atoms with Gasteiger partial charge in [0, 0.05) is 5.38 Å². The summed E-state index contributed by atoms with van der Waals surface area (Å²) in [4.78, 5) is 0. The third-order valence-corrected chi connectivity index (χ3v) is 4.71. The maximum Gasteiger partial charge on any atom is 0.200 e. The van der Waals surface area contributed by atoms with Crippen molar-refractivity contribution in [2.24, 2.45) is 0 Å². The zero-order valence-electron chi connectivity index (χ0n) is 9.90. The van der Waals surface area contributed by atoms with E-state index in [-0.39, 0.29) is 23.0 Å². The third-order valence-electron chi connectivity index (χ3n) is 2.33. The first-order chi connectivity index (χ1) is 8.02. The van der Waals surface area contributed by atoms with Crippen LogP contribution in [0.1, 0.15) is 25.1 Å². The molecule has 0 saturated heterocycles. The lowest BCUT2D eigenvalue weighted by Gasteiger charge is -2.19. The van der Waals surface area contributed by atoms with Gasteiger partial charge in [0.25, 0.3) is 0 Å². The highest BCUT2D eigenvalue weighted by atomic mass is 35.5. The van der Waals surface area contributed by atoms with Gasteiger partial charge in [-0.2, -0.15) is 0 Å². The fourth-order valence-corrected chi connectivity index (χ4v) is 3.59. The van der Waals surface area contributed by atoms with E-state index in [4.69, 9.17) is 27.7 Å². The minimum atomic E-state index is -2.24. The summed E-state index contributed by atoms with van der Waals surface area (Å²) in [6.07, 6.45) is 0. The molecule has 96 valence electrons. The average Bonchev–Trinajstić information content (AvgIpc) is 2.27. The van der Waals surface area contributed by atoms with Crippen molar-refractivity contribution in [2.75, 3.05) is 6.61 Å². The summed E-state index contributed by atoms with van der Waals surface area (Å²) >= 11 is 11.9. The maximum absolute atomic E-state index is 12.1. The zero-order chi connectivity index (χ0) is 12.8. The van der Waals surface area contributed by atoms with Crippen LogP contribution in [0.15, 0.2) is 30.3 Å². The molecule has 0 saturated carbocycles. The summed E-state index contributed by atoms with van der Waals surface area (Å²) in [7, 11) is -2.24. The second-order valence-electron chi connectivity index (χ2n) is 3.98. The molecule has 0 amide bonds. The van der Waals surface area contributed by atoms with E-state index in [2.05, 4.69) is 0 Å². The lowest BCUT2D eigenvalue weighted by atomic mass is 10.1. The van der Waals surface area contributed by atoms with Crippen molar-refractivity contribution < 1.29 is 9.09 Å². The Hall–Kier alpha value is -0.0100. The maximum atomic E-state index is 12.1. The number of hydrogen-bond donors (Lipinski definition) is 0. The van der Waals surface area contributed by atoms with Crippen molar-refractivity contribution in [2.45, 2.75) is 30.3 Å². The van der Waals surface area contributed by atoms with E-state index in [1.165, 1.54) is 0 Å². The van der Waals surface area contributed by atoms with Crippen LogP contribution in [0.4, 0.5) is 0 Å². The van der Waals surface area contributed by atoms with Gasteiger partial charge in [0.1, 0.15) is 0 Å². The molecule has 0 radical (unpaired) electrons. The summed E-state index contributed by atoms with van der Waals surface area (Å²) in [5, 5.41) is -0.388. The fraction of sp³-hybridized carbons (Fsp3) is 0.500. The lowest BCUT2D eigenvalue weighted by Crippen LogP contribution is -2.08. The molecule has 0 heterocycles. The minimum Gasteiger partial charge on any atom is -0.328 e. The van der Waals surface area contributed by atoms with Crippen molar-refractivity contribution >= 4 is 31.2 Å². The van der Waals surface area contributed by atoms with Crippen LogP contribution in [0.5, 0.6) is 0 Å². The van der Waals surface area contributed by atoms with E-state index in [9.17, 15) is 4.57 Å². The van der Waals surface area contributed by atoms with Gasteiger partial charge in [0.05, 0.1) is 17.6 Å². The molecule has 0 aliphatic carbocycles. The van der Waals surface area contributed by atoms with E-state index >= 15 is 0 Å². The van der Waals surface area contributed by atoms with Gasteiger partial charge >= 0.3 is 0 Å². The van der Waals surface area contributed by atoms with E-state index in [0.717, 1.165) is 5.56 Å². The molecule has 4 unspecified atom stereocenters. The van der Waals surface area contributed by atoms with Gasteiger partial charge in [0.15, 0.2) is 8.03 Å². The minimum absolute atomic E-state index is 0.147. The molecule has 0 fully saturated rings. The molecule has 0 aromatic heterocycles. The second-order valence-corrected chi connectivity index (χ2v) is 6.96. The molecule has 0 N–H and O–H groups in total. The molecular weight excluding hydrogens is 278 g/mol. The third kappa shape index (κ3) is 5.01.